The molecule has 0 fully saturated rings. The van der Waals surface area contributed by atoms with Crippen LogP contribution < -0.4 is 0 Å². The first-order valence-electron chi connectivity index (χ1n) is 5.26. The molecule has 2 nitrogen and oxygen atoms in total. The maximum absolute atomic E-state index is 6.16. The SMILES string of the molecule is CC(C)c1ncc(-c2ccccc2)c(Cl)n1. The van der Waals surface area contributed by atoms with Crippen LogP contribution in [0.3, 0.4) is 0 Å². The summed E-state index contributed by atoms with van der Waals surface area (Å²) in [6.07, 6.45) is 1.79. The molecule has 16 heavy (non-hydrogen) atoms. The quantitative estimate of drug-likeness (QED) is 0.734. The number of aromatic nitrogens is 2. The molecule has 1 aromatic carbocycles. The monoisotopic (exact) mass is 232 g/mol. The van der Waals surface area contributed by atoms with Gasteiger partial charge < -0.3 is 0 Å². The Balaban J connectivity index is 2.45. The standard InChI is InChI=1S/C13H13ClN2/c1-9(2)13-15-8-11(12(14)16-13)10-6-4-3-5-7-10/h3-9H,1-2H3. The van der Waals surface area contributed by atoms with Crippen LogP contribution in [0.5, 0.6) is 0 Å². The Morgan fingerprint density at radius 3 is 2.38 bits per heavy atom. The Hall–Kier alpha value is -1.41. The minimum atomic E-state index is 0.294. The topological polar surface area (TPSA) is 25.8 Å². The summed E-state index contributed by atoms with van der Waals surface area (Å²) in [6, 6.07) is 9.92. The van der Waals surface area contributed by atoms with Gasteiger partial charge in [-0.25, -0.2) is 9.97 Å². The molecule has 0 saturated heterocycles. The van der Waals surface area contributed by atoms with Gasteiger partial charge in [0.25, 0.3) is 0 Å². The zero-order chi connectivity index (χ0) is 11.5. The molecule has 0 aliphatic heterocycles. The molecule has 0 N–H and O–H groups in total. The zero-order valence-electron chi connectivity index (χ0n) is 9.31. The third-order valence-electron chi connectivity index (χ3n) is 2.36. The Labute approximate surface area is 100 Å². The molecule has 0 atom stereocenters. The average molecular weight is 233 g/mol. The number of hydrogen-bond acceptors (Lipinski definition) is 2. The Morgan fingerprint density at radius 1 is 1.12 bits per heavy atom. The minimum absolute atomic E-state index is 0.294. The minimum Gasteiger partial charge on any atom is -0.240 e. The summed E-state index contributed by atoms with van der Waals surface area (Å²) in [4.78, 5) is 8.62. The number of rotatable bonds is 2. The van der Waals surface area contributed by atoms with E-state index >= 15 is 0 Å². The van der Waals surface area contributed by atoms with Gasteiger partial charge in [0.1, 0.15) is 11.0 Å². The van der Waals surface area contributed by atoms with Gasteiger partial charge >= 0.3 is 0 Å². The maximum atomic E-state index is 6.16. The third kappa shape index (κ3) is 2.22. The molecule has 0 aliphatic carbocycles. The highest BCUT2D eigenvalue weighted by Crippen LogP contribution is 2.26. The Bertz CT molecular complexity index is 481. The summed E-state index contributed by atoms with van der Waals surface area (Å²) in [6.45, 7) is 4.10. The van der Waals surface area contributed by atoms with Gasteiger partial charge in [-0.15, -0.1) is 0 Å². The molecule has 0 spiro atoms. The van der Waals surface area contributed by atoms with Gasteiger partial charge in [-0.1, -0.05) is 55.8 Å². The zero-order valence-corrected chi connectivity index (χ0v) is 10.1. The van der Waals surface area contributed by atoms with Gasteiger partial charge in [-0.05, 0) is 5.56 Å². The summed E-state index contributed by atoms with van der Waals surface area (Å²) in [5.41, 5.74) is 1.93. The number of hydrogen-bond donors (Lipinski definition) is 0. The fraction of sp³-hybridized carbons (Fsp3) is 0.231. The summed E-state index contributed by atoms with van der Waals surface area (Å²) < 4.78 is 0. The Kier molecular flexibility index (Phi) is 3.20. The van der Waals surface area contributed by atoms with Crippen molar-refractivity contribution in [1.29, 1.82) is 0 Å². The van der Waals surface area contributed by atoms with Crippen LogP contribution in [-0.4, -0.2) is 9.97 Å². The van der Waals surface area contributed by atoms with Crippen molar-refractivity contribution in [3.05, 3.63) is 47.5 Å². The lowest BCUT2D eigenvalue weighted by Gasteiger charge is -2.07. The fourth-order valence-electron chi connectivity index (χ4n) is 1.46. The van der Waals surface area contributed by atoms with Crippen molar-refractivity contribution in [2.45, 2.75) is 19.8 Å². The molecule has 0 aliphatic rings. The van der Waals surface area contributed by atoms with Gasteiger partial charge in [0, 0.05) is 17.7 Å². The average Bonchev–Trinajstić information content (AvgIpc) is 2.30. The van der Waals surface area contributed by atoms with Crippen LogP contribution in [0.25, 0.3) is 11.1 Å². The van der Waals surface area contributed by atoms with E-state index in [9.17, 15) is 0 Å². The van der Waals surface area contributed by atoms with E-state index in [1.807, 2.05) is 44.2 Å². The normalized spacial score (nSPS) is 10.8. The Morgan fingerprint density at radius 2 is 1.81 bits per heavy atom. The maximum Gasteiger partial charge on any atom is 0.140 e. The second-order valence-corrected chi connectivity index (χ2v) is 4.31. The highest BCUT2D eigenvalue weighted by molar-refractivity contribution is 6.32. The second-order valence-electron chi connectivity index (χ2n) is 3.95. The van der Waals surface area contributed by atoms with Gasteiger partial charge in [0.05, 0.1) is 0 Å². The van der Waals surface area contributed by atoms with E-state index in [-0.39, 0.29) is 0 Å². The van der Waals surface area contributed by atoms with Crippen LogP contribution in [0.1, 0.15) is 25.6 Å². The number of halogens is 1. The van der Waals surface area contributed by atoms with Crippen molar-refractivity contribution in [2.24, 2.45) is 0 Å². The summed E-state index contributed by atoms with van der Waals surface area (Å²) >= 11 is 6.16. The van der Waals surface area contributed by atoms with E-state index in [2.05, 4.69) is 9.97 Å². The first-order valence-corrected chi connectivity index (χ1v) is 5.64. The highest BCUT2D eigenvalue weighted by atomic mass is 35.5. The first kappa shape index (κ1) is 11.1. The molecule has 2 aromatic rings. The van der Waals surface area contributed by atoms with Crippen LogP contribution in [0.4, 0.5) is 0 Å². The molecule has 82 valence electrons. The number of nitrogens with zero attached hydrogens (tertiary/aromatic N) is 2. The smallest absolute Gasteiger partial charge is 0.140 e. The molecule has 1 heterocycles. The van der Waals surface area contributed by atoms with Crippen LogP contribution in [0.15, 0.2) is 36.5 Å². The van der Waals surface area contributed by atoms with Gasteiger partial charge in [0.15, 0.2) is 0 Å². The van der Waals surface area contributed by atoms with Crippen LogP contribution in [0.2, 0.25) is 5.15 Å². The van der Waals surface area contributed by atoms with E-state index in [0.717, 1.165) is 17.0 Å². The molecular weight excluding hydrogens is 220 g/mol. The van der Waals surface area contributed by atoms with Gasteiger partial charge in [-0.2, -0.15) is 0 Å². The van der Waals surface area contributed by atoms with E-state index in [1.54, 1.807) is 6.20 Å². The molecular formula is C13H13ClN2. The molecule has 0 bridgehead atoms. The van der Waals surface area contributed by atoms with Crippen LogP contribution in [0, 0.1) is 0 Å². The molecule has 2 rings (SSSR count). The predicted molar refractivity (Wildman–Crippen MR) is 66.6 cm³/mol. The molecule has 0 unspecified atom stereocenters. The van der Waals surface area contributed by atoms with Crippen molar-refractivity contribution < 1.29 is 0 Å². The summed E-state index contributed by atoms with van der Waals surface area (Å²) in [5, 5.41) is 0.518. The molecule has 0 radical (unpaired) electrons. The molecule has 0 amide bonds. The molecule has 3 heteroatoms. The molecule has 1 aromatic heterocycles. The van der Waals surface area contributed by atoms with E-state index < -0.39 is 0 Å². The summed E-state index contributed by atoms with van der Waals surface area (Å²) in [7, 11) is 0. The largest absolute Gasteiger partial charge is 0.240 e. The lowest BCUT2D eigenvalue weighted by Crippen LogP contribution is -1.98. The van der Waals surface area contributed by atoms with Crippen molar-refractivity contribution in [3.8, 4) is 11.1 Å². The first-order chi connectivity index (χ1) is 7.68. The second kappa shape index (κ2) is 4.62. The van der Waals surface area contributed by atoms with Crippen molar-refractivity contribution in [3.63, 3.8) is 0 Å². The van der Waals surface area contributed by atoms with Crippen molar-refractivity contribution >= 4 is 11.6 Å². The lowest BCUT2D eigenvalue weighted by molar-refractivity contribution is 0.775. The van der Waals surface area contributed by atoms with E-state index in [1.165, 1.54) is 0 Å². The number of benzene rings is 1. The molecule has 0 saturated carbocycles. The van der Waals surface area contributed by atoms with Crippen molar-refractivity contribution in [1.82, 2.24) is 9.97 Å². The summed E-state index contributed by atoms with van der Waals surface area (Å²) in [5.74, 6) is 1.08. The van der Waals surface area contributed by atoms with Crippen molar-refractivity contribution in [2.75, 3.05) is 0 Å². The van der Waals surface area contributed by atoms with Gasteiger partial charge in [-0.3, -0.25) is 0 Å². The predicted octanol–water partition coefficient (Wildman–Crippen LogP) is 3.92. The third-order valence-corrected chi connectivity index (χ3v) is 2.65. The van der Waals surface area contributed by atoms with Crippen LogP contribution in [-0.2, 0) is 0 Å². The van der Waals surface area contributed by atoms with E-state index in [0.29, 0.717) is 11.1 Å². The van der Waals surface area contributed by atoms with Gasteiger partial charge in [0.2, 0.25) is 0 Å². The highest BCUT2D eigenvalue weighted by Gasteiger charge is 2.08. The van der Waals surface area contributed by atoms with E-state index in [4.69, 9.17) is 11.6 Å². The lowest BCUT2D eigenvalue weighted by atomic mass is 10.1. The fourth-order valence-corrected chi connectivity index (χ4v) is 1.71. The van der Waals surface area contributed by atoms with Crippen LogP contribution >= 0.6 is 11.6 Å².